The third-order valence-electron chi connectivity index (χ3n) is 3.02. The van der Waals surface area contributed by atoms with Gasteiger partial charge in [-0.2, -0.15) is 0 Å². The van der Waals surface area contributed by atoms with Gasteiger partial charge >= 0.3 is 0 Å². The summed E-state index contributed by atoms with van der Waals surface area (Å²) in [6.07, 6.45) is 0. The summed E-state index contributed by atoms with van der Waals surface area (Å²) < 4.78 is 5.82. The van der Waals surface area contributed by atoms with Crippen LogP contribution in [0.4, 0.5) is 0 Å². The maximum atomic E-state index is 6.10. The monoisotopic (exact) mass is 274 g/mol. The molecule has 0 aliphatic rings. The van der Waals surface area contributed by atoms with E-state index in [0.717, 1.165) is 10.8 Å². The van der Waals surface area contributed by atoms with Gasteiger partial charge in [0.2, 0.25) is 0 Å². The Labute approximate surface area is 120 Å². The molecule has 0 unspecified atom stereocenters. The highest BCUT2D eigenvalue weighted by molar-refractivity contribution is 6.30. The third kappa shape index (κ3) is 3.74. The zero-order chi connectivity index (χ0) is 13.9. The molecule has 1 nitrogen and oxygen atoms in total. The molecule has 0 spiro atoms. The fourth-order valence-electron chi connectivity index (χ4n) is 2.05. The van der Waals surface area contributed by atoms with E-state index in [2.05, 4.69) is 20.8 Å². The minimum absolute atomic E-state index is 0.0558. The number of para-hydroxylation sites is 1. The van der Waals surface area contributed by atoms with Gasteiger partial charge in [0.05, 0.1) is 0 Å². The number of halogens is 1. The summed E-state index contributed by atoms with van der Waals surface area (Å²) in [5.41, 5.74) is 2.47. The molecule has 2 aromatic rings. The lowest BCUT2D eigenvalue weighted by molar-refractivity contribution is 0.303. The molecule has 0 saturated heterocycles. The molecule has 100 valence electrons. The zero-order valence-electron chi connectivity index (χ0n) is 11.6. The van der Waals surface area contributed by atoms with Crippen molar-refractivity contribution in [2.45, 2.75) is 32.8 Å². The molecule has 2 rings (SSSR count). The standard InChI is InChI=1S/C17H19ClO/c1-17(2,3)16-11-14(18)10-9-13(16)12-19-15-7-5-4-6-8-15/h4-11H,12H2,1-3H3. The van der Waals surface area contributed by atoms with Crippen LogP contribution in [0, 0.1) is 0 Å². The molecule has 0 radical (unpaired) electrons. The molecule has 2 aromatic carbocycles. The predicted octanol–water partition coefficient (Wildman–Crippen LogP) is 5.22. The van der Waals surface area contributed by atoms with Crippen molar-refractivity contribution in [2.75, 3.05) is 0 Å². The van der Waals surface area contributed by atoms with Crippen molar-refractivity contribution < 1.29 is 4.74 Å². The minimum atomic E-state index is 0.0558. The summed E-state index contributed by atoms with van der Waals surface area (Å²) in [5, 5.41) is 0.772. The molecule has 0 aromatic heterocycles. The summed E-state index contributed by atoms with van der Waals surface area (Å²) in [5.74, 6) is 0.886. The number of hydrogen-bond donors (Lipinski definition) is 0. The Morgan fingerprint density at radius 3 is 2.32 bits per heavy atom. The Kier molecular flexibility index (Phi) is 4.16. The van der Waals surface area contributed by atoms with Gasteiger partial charge in [0.1, 0.15) is 12.4 Å². The molecule has 0 amide bonds. The number of hydrogen-bond acceptors (Lipinski definition) is 1. The van der Waals surface area contributed by atoms with E-state index < -0.39 is 0 Å². The Balaban J connectivity index is 2.21. The minimum Gasteiger partial charge on any atom is -0.489 e. The molecule has 0 saturated carbocycles. The lowest BCUT2D eigenvalue weighted by atomic mass is 9.84. The number of ether oxygens (including phenoxy) is 1. The molecule has 19 heavy (non-hydrogen) atoms. The van der Waals surface area contributed by atoms with Crippen LogP contribution in [0.1, 0.15) is 31.9 Å². The van der Waals surface area contributed by atoms with E-state index in [1.54, 1.807) is 0 Å². The summed E-state index contributed by atoms with van der Waals surface area (Å²) in [6.45, 7) is 7.12. The Morgan fingerprint density at radius 2 is 1.68 bits per heavy atom. The van der Waals surface area contributed by atoms with Crippen molar-refractivity contribution in [3.05, 3.63) is 64.7 Å². The molecule has 0 bridgehead atoms. The predicted molar refractivity (Wildman–Crippen MR) is 80.9 cm³/mol. The van der Waals surface area contributed by atoms with E-state index in [-0.39, 0.29) is 5.41 Å². The molecule has 2 heteroatoms. The second-order valence-corrected chi connectivity index (χ2v) is 6.09. The van der Waals surface area contributed by atoms with Crippen molar-refractivity contribution in [1.82, 2.24) is 0 Å². The van der Waals surface area contributed by atoms with Crippen LogP contribution in [0.25, 0.3) is 0 Å². The first-order chi connectivity index (χ1) is 8.97. The van der Waals surface area contributed by atoms with Gasteiger partial charge in [0, 0.05) is 5.02 Å². The average Bonchev–Trinajstić information content (AvgIpc) is 2.37. The second-order valence-electron chi connectivity index (χ2n) is 5.65. The fraction of sp³-hybridized carbons (Fsp3) is 0.294. The van der Waals surface area contributed by atoms with Crippen LogP contribution in [-0.2, 0) is 12.0 Å². The molecular weight excluding hydrogens is 256 g/mol. The second kappa shape index (κ2) is 5.66. The molecule has 0 fully saturated rings. The first kappa shape index (κ1) is 14.0. The number of rotatable bonds is 3. The first-order valence-corrected chi connectivity index (χ1v) is 6.81. The van der Waals surface area contributed by atoms with Crippen LogP contribution in [0.15, 0.2) is 48.5 Å². The highest BCUT2D eigenvalue weighted by atomic mass is 35.5. The Hall–Kier alpha value is -1.47. The Bertz CT molecular complexity index is 541. The van der Waals surface area contributed by atoms with Crippen molar-refractivity contribution in [3.8, 4) is 5.75 Å². The lowest BCUT2D eigenvalue weighted by Crippen LogP contribution is -2.15. The molecule has 0 heterocycles. The van der Waals surface area contributed by atoms with Crippen LogP contribution in [0.2, 0.25) is 5.02 Å². The normalized spacial score (nSPS) is 11.4. The molecular formula is C17H19ClO. The van der Waals surface area contributed by atoms with Gasteiger partial charge in [0.15, 0.2) is 0 Å². The smallest absolute Gasteiger partial charge is 0.119 e. The molecule has 0 aliphatic heterocycles. The highest BCUT2D eigenvalue weighted by Gasteiger charge is 2.18. The van der Waals surface area contributed by atoms with Gasteiger partial charge in [-0.15, -0.1) is 0 Å². The van der Waals surface area contributed by atoms with Crippen molar-refractivity contribution in [2.24, 2.45) is 0 Å². The van der Waals surface area contributed by atoms with E-state index >= 15 is 0 Å². The molecule has 0 N–H and O–H groups in total. The summed E-state index contributed by atoms with van der Waals surface area (Å²) in [6, 6.07) is 15.9. The summed E-state index contributed by atoms with van der Waals surface area (Å²) in [4.78, 5) is 0. The fourth-order valence-corrected chi connectivity index (χ4v) is 2.22. The van der Waals surface area contributed by atoms with Gasteiger partial charge in [-0.25, -0.2) is 0 Å². The lowest BCUT2D eigenvalue weighted by Gasteiger charge is -2.23. The van der Waals surface area contributed by atoms with Crippen LogP contribution < -0.4 is 4.74 Å². The first-order valence-electron chi connectivity index (χ1n) is 6.43. The SMILES string of the molecule is CC(C)(C)c1cc(Cl)ccc1COc1ccccc1. The van der Waals surface area contributed by atoms with E-state index in [0.29, 0.717) is 6.61 Å². The van der Waals surface area contributed by atoms with Crippen LogP contribution >= 0.6 is 11.6 Å². The third-order valence-corrected chi connectivity index (χ3v) is 3.25. The van der Waals surface area contributed by atoms with E-state index in [1.807, 2.05) is 48.5 Å². The van der Waals surface area contributed by atoms with Crippen molar-refractivity contribution in [1.29, 1.82) is 0 Å². The van der Waals surface area contributed by atoms with E-state index in [4.69, 9.17) is 16.3 Å². The van der Waals surface area contributed by atoms with Crippen molar-refractivity contribution in [3.63, 3.8) is 0 Å². The van der Waals surface area contributed by atoms with Crippen LogP contribution in [0.3, 0.4) is 0 Å². The maximum absolute atomic E-state index is 6.10. The average molecular weight is 275 g/mol. The van der Waals surface area contributed by atoms with Gasteiger partial charge in [-0.1, -0.05) is 56.6 Å². The maximum Gasteiger partial charge on any atom is 0.119 e. The van der Waals surface area contributed by atoms with Crippen LogP contribution in [0.5, 0.6) is 5.75 Å². The quantitative estimate of drug-likeness (QED) is 0.746. The van der Waals surface area contributed by atoms with Gasteiger partial charge < -0.3 is 4.74 Å². The largest absolute Gasteiger partial charge is 0.489 e. The summed E-state index contributed by atoms with van der Waals surface area (Å²) in [7, 11) is 0. The molecule has 0 atom stereocenters. The van der Waals surface area contributed by atoms with Crippen molar-refractivity contribution >= 4 is 11.6 Å². The topological polar surface area (TPSA) is 9.23 Å². The zero-order valence-corrected chi connectivity index (χ0v) is 12.4. The van der Waals surface area contributed by atoms with Gasteiger partial charge in [0.25, 0.3) is 0 Å². The van der Waals surface area contributed by atoms with Gasteiger partial charge in [-0.3, -0.25) is 0 Å². The molecule has 0 aliphatic carbocycles. The highest BCUT2D eigenvalue weighted by Crippen LogP contribution is 2.29. The summed E-state index contributed by atoms with van der Waals surface area (Å²) >= 11 is 6.10. The van der Waals surface area contributed by atoms with E-state index in [9.17, 15) is 0 Å². The Morgan fingerprint density at radius 1 is 1.00 bits per heavy atom. The van der Waals surface area contributed by atoms with Crippen LogP contribution in [-0.4, -0.2) is 0 Å². The van der Waals surface area contributed by atoms with Gasteiger partial charge in [-0.05, 0) is 40.8 Å². The van der Waals surface area contributed by atoms with E-state index in [1.165, 1.54) is 11.1 Å². The number of benzene rings is 2.